The van der Waals surface area contributed by atoms with Gasteiger partial charge in [0.2, 0.25) is 5.91 Å². The van der Waals surface area contributed by atoms with Crippen molar-refractivity contribution in [1.82, 2.24) is 9.97 Å². The maximum absolute atomic E-state index is 12.7. The van der Waals surface area contributed by atoms with Crippen LogP contribution in [0.4, 0.5) is 10.9 Å². The molecule has 0 aliphatic heterocycles. The lowest BCUT2D eigenvalue weighted by molar-refractivity contribution is -0.114. The van der Waals surface area contributed by atoms with E-state index in [9.17, 15) is 13.2 Å². The molecule has 0 saturated heterocycles. The number of sulfonamides is 1. The van der Waals surface area contributed by atoms with Gasteiger partial charge in [0.15, 0.2) is 5.13 Å². The zero-order valence-corrected chi connectivity index (χ0v) is 18.4. The van der Waals surface area contributed by atoms with Gasteiger partial charge in [0.05, 0.1) is 15.5 Å². The number of nitrogens with zero attached hydrogens (tertiary/aromatic N) is 2. The number of nitrogens with one attached hydrogen (secondary N) is 2. The third-order valence-corrected chi connectivity index (χ3v) is 6.64. The van der Waals surface area contributed by atoms with E-state index < -0.39 is 10.0 Å². The summed E-state index contributed by atoms with van der Waals surface area (Å²) < 4.78 is 28.0. The number of benzene rings is 1. The van der Waals surface area contributed by atoms with Crippen molar-refractivity contribution in [1.29, 1.82) is 0 Å². The highest BCUT2D eigenvalue weighted by molar-refractivity contribution is 9.08. The average molecular weight is 502 g/mol. The van der Waals surface area contributed by atoms with Crippen molar-refractivity contribution in [2.45, 2.75) is 17.1 Å². The number of halogens is 2. The van der Waals surface area contributed by atoms with Gasteiger partial charge in [-0.15, -0.1) is 0 Å². The van der Waals surface area contributed by atoms with Crippen molar-refractivity contribution >= 4 is 65.7 Å². The predicted molar refractivity (Wildman–Crippen MR) is 115 cm³/mol. The lowest BCUT2D eigenvalue weighted by Gasteiger charge is -2.12. The maximum atomic E-state index is 12.7. The molecule has 2 aromatic heterocycles. The zero-order chi connectivity index (χ0) is 20.3. The number of carbonyl (C=O) groups is 1. The summed E-state index contributed by atoms with van der Waals surface area (Å²) in [6, 6.07) is 11.2. The van der Waals surface area contributed by atoms with Crippen LogP contribution in [-0.2, 0) is 20.1 Å². The van der Waals surface area contributed by atoms with E-state index in [4.69, 9.17) is 11.6 Å². The van der Waals surface area contributed by atoms with Gasteiger partial charge in [-0.25, -0.2) is 18.4 Å². The van der Waals surface area contributed by atoms with Crippen LogP contribution in [0, 0.1) is 0 Å². The normalized spacial score (nSPS) is 11.2. The van der Waals surface area contributed by atoms with Crippen molar-refractivity contribution < 1.29 is 13.2 Å². The first kappa shape index (κ1) is 20.7. The first-order chi connectivity index (χ1) is 13.3. The summed E-state index contributed by atoms with van der Waals surface area (Å²) in [6.45, 7) is 1.39. The summed E-state index contributed by atoms with van der Waals surface area (Å²) in [5, 5.41) is 3.59. The van der Waals surface area contributed by atoms with Crippen molar-refractivity contribution in [3.8, 4) is 10.4 Å². The molecule has 0 radical (unpaired) electrons. The molecule has 0 spiro atoms. The van der Waals surface area contributed by atoms with Gasteiger partial charge in [0.25, 0.3) is 10.0 Å². The molecule has 146 valence electrons. The van der Waals surface area contributed by atoms with E-state index in [0.29, 0.717) is 26.6 Å². The highest BCUT2D eigenvalue weighted by atomic mass is 79.9. The fourth-order valence-corrected chi connectivity index (χ4v) is 5.18. The molecular weight excluding hydrogens is 488 g/mol. The van der Waals surface area contributed by atoms with Gasteiger partial charge >= 0.3 is 0 Å². The van der Waals surface area contributed by atoms with Crippen LogP contribution in [0.3, 0.4) is 0 Å². The fraction of sp³-hybridized carbons (Fsp3) is 0.118. The second-order valence-corrected chi connectivity index (χ2v) is 9.19. The topological polar surface area (TPSA) is 101 Å². The summed E-state index contributed by atoms with van der Waals surface area (Å²) in [4.78, 5) is 20.6. The van der Waals surface area contributed by atoms with Crippen LogP contribution in [0.15, 0.2) is 47.4 Å². The summed E-state index contributed by atoms with van der Waals surface area (Å²) >= 11 is 10.6. The quantitative estimate of drug-likeness (QED) is 0.382. The molecule has 0 atom stereocenters. The Bertz CT molecular complexity index is 1120. The number of rotatable bonds is 6. The van der Waals surface area contributed by atoms with Gasteiger partial charge in [-0.2, -0.15) is 0 Å². The number of thiazole rings is 1. The van der Waals surface area contributed by atoms with E-state index in [1.165, 1.54) is 30.4 Å². The predicted octanol–water partition coefficient (Wildman–Crippen LogP) is 4.51. The van der Waals surface area contributed by atoms with E-state index >= 15 is 0 Å². The number of carbonyl (C=O) groups excluding carboxylic acids is 1. The molecule has 3 aromatic rings. The summed E-state index contributed by atoms with van der Waals surface area (Å²) in [5.41, 5.74) is 1.14. The molecule has 2 heterocycles. The van der Waals surface area contributed by atoms with Gasteiger partial charge in [0, 0.05) is 17.8 Å². The fourth-order valence-electron chi connectivity index (χ4n) is 2.34. The number of alkyl halides is 1. The third-order valence-electron chi connectivity index (χ3n) is 3.50. The zero-order valence-electron chi connectivity index (χ0n) is 14.4. The molecule has 0 unspecified atom stereocenters. The molecular formula is C17H14BrClN4O3S2. The Labute approximate surface area is 179 Å². The minimum Gasteiger partial charge on any atom is -0.302 e. The largest absolute Gasteiger partial charge is 0.302 e. The highest BCUT2D eigenvalue weighted by Gasteiger charge is 2.21. The van der Waals surface area contributed by atoms with Gasteiger partial charge < -0.3 is 5.32 Å². The van der Waals surface area contributed by atoms with Crippen LogP contribution in [0.2, 0.25) is 5.15 Å². The summed E-state index contributed by atoms with van der Waals surface area (Å²) in [7, 11) is -3.86. The average Bonchev–Trinajstić information content (AvgIpc) is 3.04. The SMILES string of the molecule is CC(=O)Nc1nc(CBr)c(-c2ccc(Cl)nc2NS(=O)(=O)c2ccccc2)s1. The van der Waals surface area contributed by atoms with Crippen LogP contribution in [0.1, 0.15) is 12.6 Å². The van der Waals surface area contributed by atoms with Crippen molar-refractivity contribution in [3.05, 3.63) is 53.3 Å². The summed E-state index contributed by atoms with van der Waals surface area (Å²) in [5.74, 6) is -0.169. The molecule has 1 aromatic carbocycles. The molecule has 28 heavy (non-hydrogen) atoms. The molecule has 0 bridgehead atoms. The minimum absolute atomic E-state index is 0.0802. The van der Waals surface area contributed by atoms with Crippen LogP contribution in [0.5, 0.6) is 0 Å². The minimum atomic E-state index is -3.86. The number of hydrogen-bond acceptors (Lipinski definition) is 6. The molecule has 3 rings (SSSR count). The summed E-state index contributed by atoms with van der Waals surface area (Å²) in [6.07, 6.45) is 0. The monoisotopic (exact) mass is 500 g/mol. The number of hydrogen-bond donors (Lipinski definition) is 2. The highest BCUT2D eigenvalue weighted by Crippen LogP contribution is 2.38. The molecule has 0 fully saturated rings. The number of anilines is 2. The standard InChI is InChI=1S/C17H14BrClN4O3S2/c1-10(24)20-17-21-13(9-18)15(27-17)12-7-8-14(19)22-16(12)23-28(25,26)11-5-3-2-4-6-11/h2-8H,9H2,1H3,(H,22,23)(H,20,21,24). The Kier molecular flexibility index (Phi) is 6.33. The maximum Gasteiger partial charge on any atom is 0.263 e. The van der Waals surface area contributed by atoms with Crippen molar-refractivity contribution in [2.75, 3.05) is 10.0 Å². The molecule has 0 saturated carbocycles. The first-order valence-corrected chi connectivity index (χ1v) is 11.7. The molecule has 2 N–H and O–H groups in total. The Morgan fingerprint density at radius 2 is 1.89 bits per heavy atom. The second-order valence-electron chi connectivity index (χ2n) is 5.56. The molecule has 0 aliphatic carbocycles. The van der Waals surface area contributed by atoms with Crippen LogP contribution in [0.25, 0.3) is 10.4 Å². The molecule has 0 aliphatic rings. The Morgan fingerprint density at radius 3 is 2.54 bits per heavy atom. The number of amides is 1. The van der Waals surface area contributed by atoms with E-state index in [1.807, 2.05) is 0 Å². The Morgan fingerprint density at radius 1 is 1.18 bits per heavy atom. The van der Waals surface area contributed by atoms with Crippen LogP contribution in [-0.4, -0.2) is 24.3 Å². The molecule has 7 nitrogen and oxygen atoms in total. The third kappa shape index (κ3) is 4.69. The van der Waals surface area contributed by atoms with Crippen LogP contribution >= 0.6 is 38.9 Å². The lowest BCUT2D eigenvalue weighted by Crippen LogP contribution is -2.14. The lowest BCUT2D eigenvalue weighted by atomic mass is 10.2. The van der Waals surface area contributed by atoms with E-state index in [0.717, 1.165) is 0 Å². The first-order valence-electron chi connectivity index (χ1n) is 7.88. The van der Waals surface area contributed by atoms with Gasteiger partial charge in [-0.1, -0.05) is 57.1 Å². The van der Waals surface area contributed by atoms with Gasteiger partial charge in [0.1, 0.15) is 11.0 Å². The van der Waals surface area contributed by atoms with Gasteiger partial charge in [-0.05, 0) is 24.3 Å². The number of aromatic nitrogens is 2. The van der Waals surface area contributed by atoms with Crippen molar-refractivity contribution in [2.24, 2.45) is 0 Å². The van der Waals surface area contributed by atoms with E-state index in [-0.39, 0.29) is 21.8 Å². The Balaban J connectivity index is 2.07. The van der Waals surface area contributed by atoms with E-state index in [1.54, 1.807) is 30.3 Å². The molecule has 11 heteroatoms. The second kappa shape index (κ2) is 8.56. The van der Waals surface area contributed by atoms with Gasteiger partial charge in [-0.3, -0.25) is 9.52 Å². The number of pyridine rings is 1. The van der Waals surface area contributed by atoms with E-state index in [2.05, 4.69) is 35.9 Å². The van der Waals surface area contributed by atoms with Crippen LogP contribution < -0.4 is 10.0 Å². The molecule has 1 amide bonds. The Hall–Kier alpha value is -2.01. The smallest absolute Gasteiger partial charge is 0.263 e. The van der Waals surface area contributed by atoms with Crippen molar-refractivity contribution in [3.63, 3.8) is 0 Å².